The molecule has 1 fully saturated rings. The quantitative estimate of drug-likeness (QED) is 0.764. The largest absolute Gasteiger partial charge is 0.384 e. The zero-order chi connectivity index (χ0) is 11.4. The van der Waals surface area contributed by atoms with E-state index in [0.717, 1.165) is 13.0 Å². The molecule has 1 aromatic rings. The van der Waals surface area contributed by atoms with Crippen molar-refractivity contribution in [2.24, 2.45) is 0 Å². The highest BCUT2D eigenvalue weighted by Crippen LogP contribution is 2.22. The van der Waals surface area contributed by atoms with Crippen LogP contribution in [0.4, 0.5) is 11.6 Å². The van der Waals surface area contributed by atoms with Crippen molar-refractivity contribution < 1.29 is 9.47 Å². The van der Waals surface area contributed by atoms with E-state index >= 15 is 0 Å². The molecule has 16 heavy (non-hydrogen) atoms. The molecule has 1 unspecified atom stereocenters. The Kier molecular flexibility index (Phi) is 3.21. The lowest BCUT2D eigenvalue weighted by Gasteiger charge is -2.26. The van der Waals surface area contributed by atoms with Crippen LogP contribution in [0.2, 0.25) is 0 Å². The smallest absolute Gasteiger partial charge is 0.131 e. The minimum absolute atomic E-state index is 0.250. The first-order valence-corrected chi connectivity index (χ1v) is 5.18. The number of nitrogens with two attached hydrogens (primary N) is 1. The molecule has 0 aliphatic carbocycles. The molecule has 3 N–H and O–H groups in total. The minimum Gasteiger partial charge on any atom is -0.384 e. The Morgan fingerprint density at radius 3 is 3.12 bits per heavy atom. The number of aromatic nitrogens is 2. The van der Waals surface area contributed by atoms with Gasteiger partial charge in [-0.3, -0.25) is 0 Å². The highest BCUT2D eigenvalue weighted by Gasteiger charge is 2.34. The number of hydrogen-bond donors (Lipinski definition) is 2. The molecule has 1 saturated heterocycles. The number of rotatable bonds is 4. The molecular formula is C10H16N4O2. The minimum atomic E-state index is -0.250. The molecule has 2 heterocycles. The van der Waals surface area contributed by atoms with Gasteiger partial charge < -0.3 is 20.5 Å². The van der Waals surface area contributed by atoms with E-state index in [1.807, 2.05) is 0 Å². The first kappa shape index (κ1) is 11.1. The molecule has 0 aromatic carbocycles. The molecule has 0 spiro atoms. The van der Waals surface area contributed by atoms with Gasteiger partial charge in [0.2, 0.25) is 0 Å². The second-order valence-corrected chi connectivity index (χ2v) is 3.87. The number of nitrogen functional groups attached to an aromatic ring is 1. The lowest BCUT2D eigenvalue weighted by atomic mass is 10.0. The Bertz CT molecular complexity index is 352. The summed E-state index contributed by atoms with van der Waals surface area (Å²) in [4.78, 5) is 7.90. The van der Waals surface area contributed by atoms with Crippen molar-refractivity contribution >= 4 is 11.6 Å². The van der Waals surface area contributed by atoms with E-state index in [1.54, 1.807) is 13.2 Å². The molecule has 0 saturated carbocycles. The van der Waals surface area contributed by atoms with E-state index in [0.29, 0.717) is 24.8 Å². The maximum absolute atomic E-state index is 5.56. The van der Waals surface area contributed by atoms with Crippen molar-refractivity contribution in [3.63, 3.8) is 0 Å². The topological polar surface area (TPSA) is 82.3 Å². The molecule has 88 valence electrons. The van der Waals surface area contributed by atoms with Gasteiger partial charge in [-0.05, 0) is 0 Å². The van der Waals surface area contributed by atoms with E-state index in [2.05, 4.69) is 15.3 Å². The monoisotopic (exact) mass is 224 g/mol. The summed E-state index contributed by atoms with van der Waals surface area (Å²) in [5.41, 5.74) is 5.31. The predicted molar refractivity (Wildman–Crippen MR) is 60.1 cm³/mol. The van der Waals surface area contributed by atoms with Gasteiger partial charge in [-0.25, -0.2) is 9.97 Å². The number of nitrogens with one attached hydrogen (secondary N) is 1. The number of methoxy groups -OCH3 is 1. The lowest BCUT2D eigenvalue weighted by Crippen LogP contribution is -2.39. The summed E-state index contributed by atoms with van der Waals surface area (Å²) in [6.07, 6.45) is 2.32. The fourth-order valence-electron chi connectivity index (χ4n) is 1.68. The highest BCUT2D eigenvalue weighted by atomic mass is 16.5. The molecule has 2 rings (SSSR count). The maximum Gasteiger partial charge on any atom is 0.131 e. The van der Waals surface area contributed by atoms with E-state index in [9.17, 15) is 0 Å². The molecule has 0 bridgehead atoms. The van der Waals surface area contributed by atoms with Crippen molar-refractivity contribution in [2.45, 2.75) is 12.0 Å². The van der Waals surface area contributed by atoms with Crippen LogP contribution in [0.15, 0.2) is 12.4 Å². The second-order valence-electron chi connectivity index (χ2n) is 3.87. The van der Waals surface area contributed by atoms with Crippen molar-refractivity contribution in [1.29, 1.82) is 0 Å². The Morgan fingerprint density at radius 1 is 1.62 bits per heavy atom. The molecule has 6 heteroatoms. The van der Waals surface area contributed by atoms with Crippen molar-refractivity contribution in [2.75, 3.05) is 37.9 Å². The van der Waals surface area contributed by atoms with Crippen molar-refractivity contribution in [1.82, 2.24) is 9.97 Å². The van der Waals surface area contributed by atoms with Gasteiger partial charge in [0.05, 0.1) is 6.61 Å². The van der Waals surface area contributed by atoms with Crippen molar-refractivity contribution in [3.8, 4) is 0 Å². The van der Waals surface area contributed by atoms with Gasteiger partial charge in [0.1, 0.15) is 23.6 Å². The van der Waals surface area contributed by atoms with E-state index in [4.69, 9.17) is 15.2 Å². The van der Waals surface area contributed by atoms with Crippen LogP contribution in [-0.4, -0.2) is 42.4 Å². The number of anilines is 2. The normalized spacial score (nSPS) is 24.6. The average Bonchev–Trinajstić information content (AvgIpc) is 2.76. The summed E-state index contributed by atoms with van der Waals surface area (Å²) >= 11 is 0. The third-order valence-electron chi connectivity index (χ3n) is 2.78. The summed E-state index contributed by atoms with van der Waals surface area (Å²) in [6, 6.07) is 1.69. The van der Waals surface area contributed by atoms with Crippen LogP contribution in [0.1, 0.15) is 6.42 Å². The zero-order valence-electron chi connectivity index (χ0n) is 9.27. The predicted octanol–water partition coefficient (Wildman–Crippen LogP) is 0.276. The molecule has 6 nitrogen and oxygen atoms in total. The van der Waals surface area contributed by atoms with Gasteiger partial charge in [0.15, 0.2) is 0 Å². The Morgan fingerprint density at radius 2 is 2.50 bits per heavy atom. The summed E-state index contributed by atoms with van der Waals surface area (Å²) in [5, 5.41) is 3.18. The third-order valence-corrected chi connectivity index (χ3v) is 2.78. The standard InChI is InChI=1S/C10H16N4O2/c1-15-10(2-3-16-6-10)5-12-9-4-8(11)13-7-14-9/h4,7H,2-3,5-6H2,1H3,(H3,11,12,13,14). The number of nitrogens with zero attached hydrogens (tertiary/aromatic N) is 2. The van der Waals surface area contributed by atoms with Gasteiger partial charge in [-0.1, -0.05) is 0 Å². The summed E-state index contributed by atoms with van der Waals surface area (Å²) in [5.74, 6) is 1.16. The van der Waals surface area contributed by atoms with Gasteiger partial charge in [-0.15, -0.1) is 0 Å². The first-order chi connectivity index (χ1) is 7.74. The van der Waals surface area contributed by atoms with Crippen LogP contribution < -0.4 is 11.1 Å². The lowest BCUT2D eigenvalue weighted by molar-refractivity contribution is -0.00625. The van der Waals surface area contributed by atoms with Crippen LogP contribution in [0, 0.1) is 0 Å². The van der Waals surface area contributed by atoms with Crippen molar-refractivity contribution in [3.05, 3.63) is 12.4 Å². The number of ether oxygens (including phenoxy) is 2. The summed E-state index contributed by atoms with van der Waals surface area (Å²) in [7, 11) is 1.70. The van der Waals surface area contributed by atoms with Gasteiger partial charge >= 0.3 is 0 Å². The van der Waals surface area contributed by atoms with Gasteiger partial charge in [0, 0.05) is 32.7 Å². The van der Waals surface area contributed by atoms with E-state index < -0.39 is 0 Å². The Balaban J connectivity index is 1.95. The molecule has 0 amide bonds. The molecule has 1 aliphatic heterocycles. The zero-order valence-corrected chi connectivity index (χ0v) is 9.27. The van der Waals surface area contributed by atoms with E-state index in [1.165, 1.54) is 6.33 Å². The van der Waals surface area contributed by atoms with E-state index in [-0.39, 0.29) is 5.60 Å². The van der Waals surface area contributed by atoms with Gasteiger partial charge in [0.25, 0.3) is 0 Å². The maximum atomic E-state index is 5.56. The highest BCUT2D eigenvalue weighted by molar-refractivity contribution is 5.43. The van der Waals surface area contributed by atoms with Crippen LogP contribution in [0.3, 0.4) is 0 Å². The first-order valence-electron chi connectivity index (χ1n) is 5.18. The third kappa shape index (κ3) is 2.40. The molecule has 1 aromatic heterocycles. The SMILES string of the molecule is COC1(CNc2cc(N)ncn2)CCOC1. The molecular weight excluding hydrogens is 208 g/mol. The molecule has 1 atom stereocenters. The number of hydrogen-bond acceptors (Lipinski definition) is 6. The fraction of sp³-hybridized carbons (Fsp3) is 0.600. The summed E-state index contributed by atoms with van der Waals surface area (Å²) < 4.78 is 10.8. The van der Waals surface area contributed by atoms with Crippen LogP contribution in [0.5, 0.6) is 0 Å². The van der Waals surface area contributed by atoms with Gasteiger partial charge in [-0.2, -0.15) is 0 Å². The van der Waals surface area contributed by atoms with Crippen LogP contribution in [-0.2, 0) is 9.47 Å². The summed E-state index contributed by atoms with van der Waals surface area (Å²) in [6.45, 7) is 2.00. The Labute approximate surface area is 94.2 Å². The second kappa shape index (κ2) is 4.63. The molecule has 0 radical (unpaired) electrons. The Hall–Kier alpha value is -1.40. The van der Waals surface area contributed by atoms with Crippen LogP contribution in [0.25, 0.3) is 0 Å². The van der Waals surface area contributed by atoms with Crippen LogP contribution >= 0.6 is 0 Å². The average molecular weight is 224 g/mol. The fourth-order valence-corrected chi connectivity index (χ4v) is 1.68. The molecule has 1 aliphatic rings.